The van der Waals surface area contributed by atoms with Crippen LogP contribution in [0.3, 0.4) is 0 Å². The number of fused-ring (bicyclic) bond motifs is 3. The molecule has 4 heteroatoms. The van der Waals surface area contributed by atoms with E-state index < -0.39 is 0 Å². The van der Waals surface area contributed by atoms with Crippen LogP contribution in [0.15, 0.2) is 0 Å². The van der Waals surface area contributed by atoms with Crippen molar-refractivity contribution in [2.75, 3.05) is 6.61 Å². The van der Waals surface area contributed by atoms with Crippen LogP contribution in [-0.2, 0) is 16.0 Å². The molecule has 4 atom stereocenters. The fourth-order valence-electron chi connectivity index (χ4n) is 4.42. The van der Waals surface area contributed by atoms with Crippen LogP contribution < -0.4 is 0 Å². The largest absolute Gasteiger partial charge is 0.465 e. The molecule has 1 heterocycles. The molecule has 4 rings (SSSR count). The van der Waals surface area contributed by atoms with E-state index in [1.807, 2.05) is 18.3 Å². The minimum Gasteiger partial charge on any atom is -0.465 e. The van der Waals surface area contributed by atoms with Gasteiger partial charge in [-0.3, -0.25) is 4.79 Å². The summed E-state index contributed by atoms with van der Waals surface area (Å²) in [5.41, 5.74) is 1.05. The van der Waals surface area contributed by atoms with Gasteiger partial charge in [0.1, 0.15) is 5.92 Å². The van der Waals surface area contributed by atoms with Gasteiger partial charge < -0.3 is 4.74 Å². The minimum atomic E-state index is -0.0893. The van der Waals surface area contributed by atoms with Gasteiger partial charge in [0, 0.05) is 10.8 Å². The van der Waals surface area contributed by atoms with Crippen LogP contribution in [-0.4, -0.2) is 17.6 Å². The number of carbonyl (C=O) groups excluding carboxylic acids is 1. The maximum Gasteiger partial charge on any atom is 0.315 e. The molecule has 2 fully saturated rings. The number of esters is 1. The number of ether oxygens (including phenoxy) is 1. The summed E-state index contributed by atoms with van der Waals surface area (Å²) in [6, 6.07) is 0. The summed E-state index contributed by atoms with van der Waals surface area (Å²) in [4.78, 5) is 18.3. The second kappa shape index (κ2) is 4.83. The summed E-state index contributed by atoms with van der Waals surface area (Å²) in [5, 5.41) is 1.32. The summed E-state index contributed by atoms with van der Waals surface area (Å²) < 4.78 is 5.19. The van der Waals surface area contributed by atoms with E-state index in [4.69, 9.17) is 9.72 Å². The summed E-state index contributed by atoms with van der Waals surface area (Å²) >= 11 is 1.88. The van der Waals surface area contributed by atoms with E-state index in [0.717, 1.165) is 30.4 Å². The monoisotopic (exact) mass is 291 g/mol. The van der Waals surface area contributed by atoms with E-state index in [0.29, 0.717) is 12.5 Å². The molecular weight excluding hydrogens is 270 g/mol. The second-order valence-electron chi connectivity index (χ2n) is 6.49. The average Bonchev–Trinajstić information content (AvgIpc) is 3.17. The van der Waals surface area contributed by atoms with Crippen molar-refractivity contribution in [2.45, 2.75) is 57.3 Å². The van der Waals surface area contributed by atoms with Crippen molar-refractivity contribution < 1.29 is 9.53 Å². The Hall–Kier alpha value is -0.900. The number of carbonyl (C=O) groups is 1. The van der Waals surface area contributed by atoms with E-state index in [2.05, 4.69) is 0 Å². The number of nitrogens with zero attached hydrogens (tertiary/aromatic N) is 1. The lowest BCUT2D eigenvalue weighted by Gasteiger charge is -2.19. The highest BCUT2D eigenvalue weighted by Crippen LogP contribution is 2.54. The van der Waals surface area contributed by atoms with Crippen LogP contribution in [0, 0.1) is 11.8 Å². The van der Waals surface area contributed by atoms with Gasteiger partial charge in [0.15, 0.2) is 0 Å². The van der Waals surface area contributed by atoms with Crippen molar-refractivity contribution in [3.8, 4) is 0 Å². The van der Waals surface area contributed by atoms with Gasteiger partial charge in [0.25, 0.3) is 0 Å². The Bertz CT molecular complexity index is 539. The van der Waals surface area contributed by atoms with Crippen LogP contribution in [0.2, 0.25) is 0 Å². The van der Waals surface area contributed by atoms with E-state index in [1.165, 1.54) is 35.6 Å². The lowest BCUT2D eigenvalue weighted by atomic mass is 9.89. The van der Waals surface area contributed by atoms with E-state index >= 15 is 0 Å². The Morgan fingerprint density at radius 1 is 1.35 bits per heavy atom. The fourth-order valence-corrected chi connectivity index (χ4v) is 5.77. The van der Waals surface area contributed by atoms with Crippen molar-refractivity contribution in [1.29, 1.82) is 0 Å². The second-order valence-corrected chi connectivity index (χ2v) is 7.60. The predicted molar refractivity (Wildman–Crippen MR) is 78.0 cm³/mol. The van der Waals surface area contributed by atoms with Crippen LogP contribution >= 0.6 is 11.3 Å². The smallest absolute Gasteiger partial charge is 0.315 e. The first-order chi connectivity index (χ1) is 9.76. The molecule has 0 saturated heterocycles. The van der Waals surface area contributed by atoms with Crippen molar-refractivity contribution in [2.24, 2.45) is 11.8 Å². The molecule has 1 aromatic heterocycles. The normalized spacial score (nSPS) is 34.5. The Labute approximate surface area is 123 Å². The number of hydrogen-bond acceptors (Lipinski definition) is 4. The maximum atomic E-state index is 12.0. The molecule has 2 bridgehead atoms. The quantitative estimate of drug-likeness (QED) is 0.798. The maximum absolute atomic E-state index is 12.0. The zero-order valence-electron chi connectivity index (χ0n) is 11.9. The molecule has 0 aromatic carbocycles. The van der Waals surface area contributed by atoms with Gasteiger partial charge in [0.05, 0.1) is 17.3 Å². The van der Waals surface area contributed by atoms with E-state index in [-0.39, 0.29) is 11.9 Å². The fraction of sp³-hybridized carbons (Fsp3) is 0.750. The Morgan fingerprint density at radius 3 is 2.95 bits per heavy atom. The van der Waals surface area contributed by atoms with Crippen LogP contribution in [0.4, 0.5) is 0 Å². The number of hydrogen-bond donors (Lipinski definition) is 0. The third-order valence-electron chi connectivity index (χ3n) is 5.36. The number of rotatable bonds is 3. The Kier molecular flexibility index (Phi) is 3.09. The topological polar surface area (TPSA) is 39.2 Å². The lowest BCUT2D eigenvalue weighted by Crippen LogP contribution is -2.15. The van der Waals surface area contributed by atoms with E-state index in [1.54, 1.807) is 0 Å². The molecule has 2 saturated carbocycles. The van der Waals surface area contributed by atoms with Gasteiger partial charge in [-0.1, -0.05) is 6.42 Å². The van der Waals surface area contributed by atoms with Crippen molar-refractivity contribution in [3.63, 3.8) is 0 Å². The lowest BCUT2D eigenvalue weighted by molar-refractivity contribution is -0.145. The number of aromatic nitrogens is 1. The van der Waals surface area contributed by atoms with Gasteiger partial charge in [0.2, 0.25) is 0 Å². The van der Waals surface area contributed by atoms with E-state index in [9.17, 15) is 4.79 Å². The molecule has 3 aliphatic rings. The third-order valence-corrected chi connectivity index (χ3v) is 6.62. The van der Waals surface area contributed by atoms with Crippen LogP contribution in [0.5, 0.6) is 0 Å². The highest BCUT2D eigenvalue weighted by Gasteiger charge is 2.43. The standard InChI is InChI=1S/C16H21NO2S/c1-2-19-16(18)11-5-6-13-14(11)17-15(20-13)12-8-9-3-4-10(12)7-9/h9-12H,2-8H2,1H3. The highest BCUT2D eigenvalue weighted by molar-refractivity contribution is 7.11. The van der Waals surface area contributed by atoms with Crippen molar-refractivity contribution in [1.82, 2.24) is 4.98 Å². The summed E-state index contributed by atoms with van der Waals surface area (Å²) in [6.45, 7) is 2.34. The molecule has 108 valence electrons. The molecule has 3 nitrogen and oxygen atoms in total. The zero-order valence-corrected chi connectivity index (χ0v) is 12.7. The molecule has 3 aliphatic carbocycles. The SMILES string of the molecule is CCOC(=O)C1CCc2sc(C3CC4CCC3C4)nc21. The summed E-state index contributed by atoms with van der Waals surface area (Å²) in [5.74, 6) is 2.34. The van der Waals surface area contributed by atoms with Gasteiger partial charge in [-0.25, -0.2) is 4.98 Å². The summed E-state index contributed by atoms with van der Waals surface area (Å²) in [7, 11) is 0. The minimum absolute atomic E-state index is 0.0731. The first-order valence-electron chi connectivity index (χ1n) is 7.92. The molecule has 4 unspecified atom stereocenters. The molecule has 0 amide bonds. The molecule has 1 aromatic rings. The predicted octanol–water partition coefficient (Wildman–Crippen LogP) is 3.64. The van der Waals surface area contributed by atoms with Gasteiger partial charge in [-0.05, 0) is 50.9 Å². The van der Waals surface area contributed by atoms with Gasteiger partial charge >= 0.3 is 5.97 Å². The first-order valence-corrected chi connectivity index (χ1v) is 8.74. The van der Waals surface area contributed by atoms with Crippen molar-refractivity contribution >= 4 is 17.3 Å². The Balaban J connectivity index is 1.57. The molecule has 20 heavy (non-hydrogen) atoms. The van der Waals surface area contributed by atoms with Crippen molar-refractivity contribution in [3.05, 3.63) is 15.6 Å². The van der Waals surface area contributed by atoms with Crippen LogP contribution in [0.25, 0.3) is 0 Å². The molecule has 0 aliphatic heterocycles. The molecule has 0 radical (unpaired) electrons. The molecular formula is C16H21NO2S. The zero-order chi connectivity index (χ0) is 13.7. The first kappa shape index (κ1) is 12.8. The summed E-state index contributed by atoms with van der Waals surface area (Å²) in [6.07, 6.45) is 7.47. The Morgan fingerprint density at radius 2 is 2.25 bits per heavy atom. The number of aryl methyl sites for hydroxylation is 1. The highest BCUT2D eigenvalue weighted by atomic mass is 32.1. The van der Waals surface area contributed by atoms with Gasteiger partial charge in [-0.15, -0.1) is 11.3 Å². The average molecular weight is 291 g/mol. The molecule has 0 N–H and O–H groups in total. The number of thiazole rings is 1. The molecule has 0 spiro atoms. The third kappa shape index (κ3) is 1.92. The van der Waals surface area contributed by atoms with Crippen LogP contribution in [0.1, 0.15) is 66.4 Å². The van der Waals surface area contributed by atoms with Gasteiger partial charge in [-0.2, -0.15) is 0 Å².